The minimum Gasteiger partial charge on any atom is -0.325 e. The number of aryl methyl sites for hydroxylation is 1. The first-order valence-electron chi connectivity index (χ1n) is 8.72. The minimum atomic E-state index is -0.0878. The summed E-state index contributed by atoms with van der Waals surface area (Å²) in [5.41, 5.74) is 3.19. The Balaban J connectivity index is 1.71. The van der Waals surface area contributed by atoms with Crippen molar-refractivity contribution in [2.45, 2.75) is 38.9 Å². The summed E-state index contributed by atoms with van der Waals surface area (Å²) in [5, 5.41) is 15.1. The van der Waals surface area contributed by atoms with Gasteiger partial charge in [-0.15, -0.1) is 21.5 Å². The van der Waals surface area contributed by atoms with Gasteiger partial charge in [0.1, 0.15) is 0 Å². The Morgan fingerprint density at radius 2 is 2.00 bits per heavy atom. The molecule has 0 fully saturated rings. The number of carbonyl (C=O) groups excluding carboxylic acids is 1. The van der Waals surface area contributed by atoms with E-state index in [4.69, 9.17) is 11.6 Å². The quantitative estimate of drug-likeness (QED) is 0.528. The molecule has 2 heterocycles. The van der Waals surface area contributed by atoms with Gasteiger partial charge in [-0.3, -0.25) is 4.79 Å². The van der Waals surface area contributed by atoms with Crippen LogP contribution in [0.3, 0.4) is 0 Å². The maximum absolute atomic E-state index is 12.2. The summed E-state index contributed by atoms with van der Waals surface area (Å²) in [5.74, 6) is 1.05. The molecular formula is C19H21ClN4OS2. The predicted molar refractivity (Wildman–Crippen MR) is 114 cm³/mol. The van der Waals surface area contributed by atoms with E-state index in [1.807, 2.05) is 0 Å². The van der Waals surface area contributed by atoms with Gasteiger partial charge in [-0.2, -0.15) is 0 Å². The highest BCUT2D eigenvalue weighted by molar-refractivity contribution is 7.99. The van der Waals surface area contributed by atoms with Crippen molar-refractivity contribution in [1.29, 1.82) is 0 Å². The number of thiophene rings is 1. The Hall–Kier alpha value is -1.83. The van der Waals surface area contributed by atoms with Crippen LogP contribution in [0, 0.1) is 6.92 Å². The van der Waals surface area contributed by atoms with Crippen LogP contribution in [-0.4, -0.2) is 26.4 Å². The fraction of sp³-hybridized carbons (Fsp3) is 0.316. The average molecular weight is 421 g/mol. The van der Waals surface area contributed by atoms with Crippen molar-refractivity contribution in [3.05, 3.63) is 45.1 Å². The molecule has 2 aromatic heterocycles. The fourth-order valence-electron chi connectivity index (χ4n) is 2.85. The number of hydrogen-bond acceptors (Lipinski definition) is 5. The molecule has 0 unspecified atom stereocenters. The lowest BCUT2D eigenvalue weighted by Crippen LogP contribution is -2.14. The Morgan fingerprint density at radius 1 is 1.26 bits per heavy atom. The van der Waals surface area contributed by atoms with Crippen molar-refractivity contribution in [2.24, 2.45) is 0 Å². The van der Waals surface area contributed by atoms with E-state index in [1.54, 1.807) is 35.6 Å². The van der Waals surface area contributed by atoms with E-state index in [9.17, 15) is 4.79 Å². The van der Waals surface area contributed by atoms with Crippen molar-refractivity contribution in [3.63, 3.8) is 0 Å². The highest BCUT2D eigenvalue weighted by atomic mass is 35.5. The zero-order valence-corrected chi connectivity index (χ0v) is 17.8. The van der Waals surface area contributed by atoms with Crippen LogP contribution in [0.4, 0.5) is 5.69 Å². The lowest BCUT2D eigenvalue weighted by atomic mass is 10.1. The van der Waals surface area contributed by atoms with Crippen LogP contribution >= 0.6 is 34.7 Å². The topological polar surface area (TPSA) is 59.8 Å². The normalized spacial score (nSPS) is 11.0. The number of hydrogen-bond donors (Lipinski definition) is 1. The number of amides is 1. The Morgan fingerprint density at radius 3 is 2.67 bits per heavy atom. The van der Waals surface area contributed by atoms with Crippen LogP contribution < -0.4 is 5.32 Å². The summed E-state index contributed by atoms with van der Waals surface area (Å²) in [6, 6.07) is 7.06. The van der Waals surface area contributed by atoms with E-state index in [2.05, 4.69) is 46.2 Å². The van der Waals surface area contributed by atoms with Gasteiger partial charge in [-0.25, -0.2) is 0 Å². The molecule has 27 heavy (non-hydrogen) atoms. The van der Waals surface area contributed by atoms with Gasteiger partial charge in [0.25, 0.3) is 0 Å². The van der Waals surface area contributed by atoms with Crippen molar-refractivity contribution in [2.75, 3.05) is 11.1 Å². The molecule has 0 spiro atoms. The summed E-state index contributed by atoms with van der Waals surface area (Å²) >= 11 is 9.00. The second-order valence-corrected chi connectivity index (χ2v) is 8.39. The van der Waals surface area contributed by atoms with Crippen LogP contribution in [0.25, 0.3) is 11.4 Å². The first kappa shape index (κ1) is 19.9. The highest BCUT2D eigenvalue weighted by Crippen LogP contribution is 2.32. The summed E-state index contributed by atoms with van der Waals surface area (Å²) < 4.78 is 2.07. The molecule has 8 heteroatoms. The standard InChI is InChI=1S/C19H21ClN4OS2/c1-4-15-12(3)26-10-16(15)18-22-23-19(24(18)5-2)27-11-17(25)21-14-8-6-13(20)7-9-14/h6-10H,4-5,11H2,1-3H3,(H,21,25). The third kappa shape index (κ3) is 4.54. The lowest BCUT2D eigenvalue weighted by molar-refractivity contribution is -0.113. The Labute approximate surface area is 172 Å². The van der Waals surface area contributed by atoms with Crippen LogP contribution in [0.5, 0.6) is 0 Å². The van der Waals surface area contributed by atoms with E-state index in [0.717, 1.165) is 35.2 Å². The van der Waals surface area contributed by atoms with Gasteiger partial charge in [0, 0.05) is 33.1 Å². The summed E-state index contributed by atoms with van der Waals surface area (Å²) in [6.07, 6.45) is 0.965. The lowest BCUT2D eigenvalue weighted by Gasteiger charge is -2.08. The van der Waals surface area contributed by atoms with Gasteiger partial charge in [-0.05, 0) is 50.1 Å². The molecule has 0 atom stereocenters. The highest BCUT2D eigenvalue weighted by Gasteiger charge is 2.18. The molecule has 3 rings (SSSR count). The van der Waals surface area contributed by atoms with Gasteiger partial charge in [0.05, 0.1) is 5.75 Å². The molecule has 3 aromatic rings. The van der Waals surface area contributed by atoms with Crippen molar-refractivity contribution >= 4 is 46.3 Å². The molecular weight excluding hydrogens is 400 g/mol. The molecule has 0 saturated heterocycles. The number of nitrogens with zero attached hydrogens (tertiary/aromatic N) is 3. The number of nitrogens with one attached hydrogen (secondary N) is 1. The molecule has 0 radical (unpaired) electrons. The zero-order chi connectivity index (χ0) is 19.4. The number of rotatable bonds is 7. The van der Waals surface area contributed by atoms with Crippen molar-refractivity contribution < 1.29 is 4.79 Å². The molecule has 1 aromatic carbocycles. The van der Waals surface area contributed by atoms with E-state index >= 15 is 0 Å². The monoisotopic (exact) mass is 420 g/mol. The number of carbonyl (C=O) groups is 1. The number of anilines is 1. The van der Waals surface area contributed by atoms with Crippen LogP contribution in [-0.2, 0) is 17.8 Å². The third-order valence-electron chi connectivity index (χ3n) is 4.19. The Kier molecular flexibility index (Phi) is 6.57. The molecule has 0 aliphatic rings. The van der Waals surface area contributed by atoms with E-state index in [-0.39, 0.29) is 11.7 Å². The van der Waals surface area contributed by atoms with Crippen LogP contribution in [0.15, 0.2) is 34.8 Å². The number of benzene rings is 1. The maximum Gasteiger partial charge on any atom is 0.234 e. The minimum absolute atomic E-state index is 0.0878. The van der Waals surface area contributed by atoms with E-state index in [1.165, 1.54) is 22.2 Å². The second-order valence-electron chi connectivity index (χ2n) is 5.93. The summed E-state index contributed by atoms with van der Waals surface area (Å²) in [7, 11) is 0. The fourth-order valence-corrected chi connectivity index (χ4v) is 4.71. The molecule has 0 aliphatic heterocycles. The molecule has 142 valence electrons. The molecule has 0 aliphatic carbocycles. The smallest absolute Gasteiger partial charge is 0.234 e. The number of halogens is 1. The first-order valence-corrected chi connectivity index (χ1v) is 11.0. The molecule has 0 saturated carbocycles. The van der Waals surface area contributed by atoms with Gasteiger partial charge in [0.15, 0.2) is 11.0 Å². The van der Waals surface area contributed by atoms with Crippen LogP contribution in [0.1, 0.15) is 24.3 Å². The number of thioether (sulfide) groups is 1. The molecule has 1 N–H and O–H groups in total. The molecule has 5 nitrogen and oxygen atoms in total. The summed E-state index contributed by atoms with van der Waals surface area (Å²) in [4.78, 5) is 13.5. The van der Waals surface area contributed by atoms with Crippen LogP contribution in [0.2, 0.25) is 5.02 Å². The second kappa shape index (κ2) is 8.91. The van der Waals surface area contributed by atoms with Gasteiger partial charge in [-0.1, -0.05) is 30.3 Å². The SMILES string of the molecule is CCc1c(-c2nnc(SCC(=O)Nc3ccc(Cl)cc3)n2CC)csc1C. The zero-order valence-electron chi connectivity index (χ0n) is 15.5. The largest absolute Gasteiger partial charge is 0.325 e. The van der Waals surface area contributed by atoms with Crippen molar-refractivity contribution in [3.8, 4) is 11.4 Å². The average Bonchev–Trinajstić information content (AvgIpc) is 3.24. The summed E-state index contributed by atoms with van der Waals surface area (Å²) in [6.45, 7) is 7.11. The van der Waals surface area contributed by atoms with Gasteiger partial charge < -0.3 is 9.88 Å². The third-order valence-corrected chi connectivity index (χ3v) is 6.36. The predicted octanol–water partition coefficient (Wildman–Crippen LogP) is 5.28. The first-order chi connectivity index (χ1) is 13.0. The Bertz CT molecular complexity index is 934. The van der Waals surface area contributed by atoms with E-state index in [0.29, 0.717) is 5.02 Å². The van der Waals surface area contributed by atoms with E-state index < -0.39 is 0 Å². The molecule has 1 amide bonds. The maximum atomic E-state index is 12.2. The molecule has 0 bridgehead atoms. The van der Waals surface area contributed by atoms with Gasteiger partial charge >= 0.3 is 0 Å². The van der Waals surface area contributed by atoms with Crippen molar-refractivity contribution in [1.82, 2.24) is 14.8 Å². The van der Waals surface area contributed by atoms with Gasteiger partial charge in [0.2, 0.25) is 5.91 Å². The number of aromatic nitrogens is 3.